The third-order valence-electron chi connectivity index (χ3n) is 3.71. The smallest absolute Gasteiger partial charge is 0.416 e. The number of halogens is 3. The van der Waals surface area contributed by atoms with Crippen LogP contribution in [0.5, 0.6) is 5.75 Å². The average molecular weight is 382 g/mol. The van der Waals surface area contributed by atoms with E-state index >= 15 is 0 Å². The summed E-state index contributed by atoms with van der Waals surface area (Å²) in [5.41, 5.74) is -1.28. The first-order valence-electron chi connectivity index (χ1n) is 7.24. The zero-order chi connectivity index (χ0) is 18.8. The van der Waals surface area contributed by atoms with Crippen LogP contribution in [-0.4, -0.2) is 68.5 Å². The minimum Gasteiger partial charge on any atom is -0.508 e. The average Bonchev–Trinajstić information content (AvgIpc) is 2.52. The lowest BCUT2D eigenvalue weighted by molar-refractivity contribution is -0.138. The molecule has 0 aromatic heterocycles. The Morgan fingerprint density at radius 1 is 1.24 bits per heavy atom. The van der Waals surface area contributed by atoms with Gasteiger partial charge in [0.15, 0.2) is 0 Å². The number of alkyl halides is 3. The van der Waals surface area contributed by atoms with E-state index in [9.17, 15) is 31.5 Å². The molecule has 7 nitrogen and oxygen atoms in total. The Labute approximate surface area is 142 Å². The van der Waals surface area contributed by atoms with Crippen molar-refractivity contribution in [2.24, 2.45) is 0 Å². The van der Waals surface area contributed by atoms with Crippen molar-refractivity contribution in [3.8, 4) is 5.75 Å². The van der Waals surface area contributed by atoms with E-state index in [4.69, 9.17) is 4.74 Å². The largest absolute Gasteiger partial charge is 0.508 e. The van der Waals surface area contributed by atoms with Gasteiger partial charge in [-0.15, -0.1) is 0 Å². The van der Waals surface area contributed by atoms with E-state index in [1.165, 1.54) is 12.0 Å². The van der Waals surface area contributed by atoms with Crippen LogP contribution in [0.4, 0.5) is 13.2 Å². The first kappa shape index (κ1) is 19.5. The predicted molar refractivity (Wildman–Crippen MR) is 80.3 cm³/mol. The summed E-state index contributed by atoms with van der Waals surface area (Å²) in [6, 6.07) is 1.61. The molecule has 25 heavy (non-hydrogen) atoms. The van der Waals surface area contributed by atoms with E-state index in [-0.39, 0.29) is 13.1 Å². The number of ether oxygens (including phenoxy) is 1. The molecule has 1 N–H and O–H groups in total. The van der Waals surface area contributed by atoms with Gasteiger partial charge in [-0.1, -0.05) is 0 Å². The standard InChI is InChI=1S/C14H17F3N2O5S/c1-24-5-4-18-2-3-19(9-13(18)21)25(22,23)12-7-10(14(15,16)17)6-11(20)8-12/h6-8,20H,2-5,9H2,1H3. The van der Waals surface area contributed by atoms with Crippen LogP contribution in [0.15, 0.2) is 23.1 Å². The van der Waals surface area contributed by atoms with Crippen LogP contribution in [0, 0.1) is 0 Å². The van der Waals surface area contributed by atoms with Gasteiger partial charge in [0.1, 0.15) is 5.75 Å². The Bertz CT molecular complexity index is 751. The van der Waals surface area contributed by atoms with Crippen LogP contribution in [0.1, 0.15) is 5.56 Å². The topological polar surface area (TPSA) is 87.2 Å². The van der Waals surface area contributed by atoms with Gasteiger partial charge in [0.2, 0.25) is 15.9 Å². The molecule has 0 aliphatic carbocycles. The van der Waals surface area contributed by atoms with Gasteiger partial charge in [0, 0.05) is 26.7 Å². The Kier molecular flexibility index (Phi) is 5.59. The highest BCUT2D eigenvalue weighted by Crippen LogP contribution is 2.34. The van der Waals surface area contributed by atoms with E-state index in [2.05, 4.69) is 0 Å². The molecular formula is C14H17F3N2O5S. The number of carbonyl (C=O) groups excluding carboxylic acids is 1. The Morgan fingerprint density at radius 2 is 1.92 bits per heavy atom. The molecule has 0 atom stereocenters. The number of hydrogen-bond acceptors (Lipinski definition) is 5. The van der Waals surface area contributed by atoms with E-state index in [1.54, 1.807) is 0 Å². The van der Waals surface area contributed by atoms with Crippen molar-refractivity contribution in [3.05, 3.63) is 23.8 Å². The highest BCUT2D eigenvalue weighted by molar-refractivity contribution is 7.89. The molecule has 1 saturated heterocycles. The summed E-state index contributed by atoms with van der Waals surface area (Å²) in [4.78, 5) is 12.7. The lowest BCUT2D eigenvalue weighted by Crippen LogP contribution is -2.52. The number of carbonyl (C=O) groups is 1. The number of benzene rings is 1. The molecule has 0 saturated carbocycles. The van der Waals surface area contributed by atoms with Crippen LogP contribution >= 0.6 is 0 Å². The van der Waals surface area contributed by atoms with Crippen molar-refractivity contribution >= 4 is 15.9 Å². The number of phenols is 1. The summed E-state index contributed by atoms with van der Waals surface area (Å²) in [5, 5.41) is 9.44. The van der Waals surface area contributed by atoms with Gasteiger partial charge in [0.05, 0.1) is 23.6 Å². The second-order valence-corrected chi connectivity index (χ2v) is 7.36. The summed E-state index contributed by atoms with van der Waals surface area (Å²) in [6.45, 7) is 0.151. The maximum absolute atomic E-state index is 12.8. The molecule has 1 aromatic carbocycles. The maximum atomic E-state index is 12.8. The summed E-state index contributed by atoms with van der Waals surface area (Å²) < 4.78 is 69.2. The first-order valence-corrected chi connectivity index (χ1v) is 8.68. The zero-order valence-electron chi connectivity index (χ0n) is 13.3. The summed E-state index contributed by atoms with van der Waals surface area (Å²) >= 11 is 0. The summed E-state index contributed by atoms with van der Waals surface area (Å²) in [5.74, 6) is -1.29. The van der Waals surface area contributed by atoms with Crippen molar-refractivity contribution in [1.82, 2.24) is 9.21 Å². The minimum atomic E-state index is -4.81. The fourth-order valence-electron chi connectivity index (χ4n) is 2.38. The van der Waals surface area contributed by atoms with Crippen LogP contribution in [-0.2, 0) is 25.7 Å². The fraction of sp³-hybridized carbons (Fsp3) is 0.500. The van der Waals surface area contributed by atoms with Gasteiger partial charge in [-0.2, -0.15) is 17.5 Å². The highest BCUT2D eigenvalue weighted by Gasteiger charge is 2.36. The van der Waals surface area contributed by atoms with E-state index in [0.29, 0.717) is 25.3 Å². The molecule has 1 amide bonds. The van der Waals surface area contributed by atoms with Gasteiger partial charge in [-0.25, -0.2) is 8.42 Å². The quantitative estimate of drug-likeness (QED) is 0.817. The van der Waals surface area contributed by atoms with Gasteiger partial charge in [0.25, 0.3) is 0 Å². The maximum Gasteiger partial charge on any atom is 0.416 e. The second-order valence-electron chi connectivity index (χ2n) is 5.43. The molecule has 2 rings (SSSR count). The fourth-order valence-corrected chi connectivity index (χ4v) is 3.82. The number of hydrogen-bond donors (Lipinski definition) is 1. The van der Waals surface area contributed by atoms with Gasteiger partial charge >= 0.3 is 6.18 Å². The number of methoxy groups -OCH3 is 1. The van der Waals surface area contributed by atoms with Crippen molar-refractivity contribution in [3.63, 3.8) is 0 Å². The van der Waals surface area contributed by atoms with Gasteiger partial charge in [-0.3, -0.25) is 4.79 Å². The Balaban J connectivity index is 2.25. The van der Waals surface area contributed by atoms with Crippen molar-refractivity contribution in [2.75, 3.05) is 39.9 Å². The van der Waals surface area contributed by atoms with Crippen molar-refractivity contribution < 1.29 is 36.2 Å². The van der Waals surface area contributed by atoms with Crippen LogP contribution in [0.3, 0.4) is 0 Å². The lowest BCUT2D eigenvalue weighted by Gasteiger charge is -2.33. The number of rotatable bonds is 5. The Morgan fingerprint density at radius 3 is 2.48 bits per heavy atom. The number of phenolic OH excluding ortho intramolecular Hbond substituents is 1. The molecular weight excluding hydrogens is 365 g/mol. The van der Waals surface area contributed by atoms with Crippen molar-refractivity contribution in [2.45, 2.75) is 11.1 Å². The van der Waals surface area contributed by atoms with Crippen LogP contribution in [0.2, 0.25) is 0 Å². The predicted octanol–water partition coefficient (Wildman–Crippen LogP) is 0.890. The van der Waals surface area contributed by atoms with Crippen LogP contribution in [0.25, 0.3) is 0 Å². The number of aromatic hydroxyl groups is 1. The molecule has 1 fully saturated rings. The molecule has 1 aliphatic heterocycles. The summed E-state index contributed by atoms with van der Waals surface area (Å²) in [7, 11) is -2.89. The molecule has 1 heterocycles. The molecule has 0 bridgehead atoms. The molecule has 140 valence electrons. The number of amides is 1. The van der Waals surface area contributed by atoms with Crippen molar-refractivity contribution in [1.29, 1.82) is 0 Å². The second kappa shape index (κ2) is 7.18. The molecule has 0 spiro atoms. The number of sulfonamides is 1. The summed E-state index contributed by atoms with van der Waals surface area (Å²) in [6.07, 6.45) is -4.81. The zero-order valence-corrected chi connectivity index (χ0v) is 14.1. The molecule has 11 heteroatoms. The monoisotopic (exact) mass is 382 g/mol. The van der Waals surface area contributed by atoms with Gasteiger partial charge in [-0.05, 0) is 18.2 Å². The molecule has 1 aliphatic rings. The highest BCUT2D eigenvalue weighted by atomic mass is 32.2. The minimum absolute atomic E-state index is 0.0607. The van der Waals surface area contributed by atoms with E-state index in [1.807, 2.05) is 0 Å². The first-order chi connectivity index (χ1) is 11.6. The third-order valence-corrected chi connectivity index (χ3v) is 5.53. The van der Waals surface area contributed by atoms with Crippen LogP contribution < -0.4 is 0 Å². The number of piperazine rings is 1. The molecule has 1 aromatic rings. The van der Waals surface area contributed by atoms with E-state index in [0.717, 1.165) is 10.4 Å². The Hall–Kier alpha value is -1.85. The molecule has 0 radical (unpaired) electrons. The number of nitrogens with zero attached hydrogens (tertiary/aromatic N) is 2. The third kappa shape index (κ3) is 4.41. The lowest BCUT2D eigenvalue weighted by atomic mass is 10.2. The van der Waals surface area contributed by atoms with E-state index < -0.39 is 44.9 Å². The SMILES string of the molecule is COCCN1CCN(S(=O)(=O)c2cc(O)cc(C(F)(F)F)c2)CC1=O. The normalized spacial score (nSPS) is 17.1. The molecule has 0 unspecified atom stereocenters. The van der Waals surface area contributed by atoms with Gasteiger partial charge < -0.3 is 14.7 Å².